The Bertz CT molecular complexity index is 1860. The Hall–Kier alpha value is -4.65. The maximum Gasteiger partial charge on any atom is 0.233 e. The minimum atomic E-state index is -1.51. The third-order valence-electron chi connectivity index (χ3n) is 11.7. The van der Waals surface area contributed by atoms with Gasteiger partial charge in [-0.2, -0.15) is 0 Å². The van der Waals surface area contributed by atoms with Crippen molar-refractivity contribution in [1.82, 2.24) is 4.90 Å². The van der Waals surface area contributed by atoms with Gasteiger partial charge in [0.05, 0.1) is 17.3 Å². The summed E-state index contributed by atoms with van der Waals surface area (Å²) in [6, 6.07) is 22.4. The van der Waals surface area contributed by atoms with Gasteiger partial charge >= 0.3 is 0 Å². The van der Waals surface area contributed by atoms with Crippen molar-refractivity contribution in [2.75, 3.05) is 0 Å². The predicted octanol–water partition coefficient (Wildman–Crippen LogP) is 6.69. The Kier molecular flexibility index (Phi) is 7.12. The van der Waals surface area contributed by atoms with Crippen LogP contribution in [0.5, 0.6) is 5.75 Å². The molecule has 0 spiro atoms. The van der Waals surface area contributed by atoms with E-state index < -0.39 is 46.6 Å². The van der Waals surface area contributed by atoms with E-state index in [0.717, 1.165) is 37.7 Å². The highest BCUT2D eigenvalue weighted by Crippen LogP contribution is 2.64. The maximum absolute atomic E-state index is 15.2. The van der Waals surface area contributed by atoms with Crippen LogP contribution in [0.1, 0.15) is 67.6 Å². The summed E-state index contributed by atoms with van der Waals surface area (Å²) in [4.78, 5) is 59.8. The van der Waals surface area contributed by atoms with Crippen LogP contribution in [0, 0.1) is 29.5 Å². The molecule has 0 radical (unpaired) electrons. The number of hydrogen-bond acceptors (Lipinski definition) is 5. The Labute approximate surface area is 273 Å². The average Bonchev–Trinajstić information content (AvgIpc) is 3.37. The number of nitrogens with zero attached hydrogens (tertiary/aromatic N) is 1. The number of phenols is 1. The van der Waals surface area contributed by atoms with E-state index in [-0.39, 0.29) is 41.4 Å². The minimum Gasteiger partial charge on any atom is -0.505 e. The molecular weight excluding hydrogens is 593 g/mol. The van der Waals surface area contributed by atoms with Crippen LogP contribution in [0.15, 0.2) is 96.6 Å². The molecule has 1 N–H and O–H groups in total. The van der Waals surface area contributed by atoms with Crippen LogP contribution in [0.3, 0.4) is 0 Å². The van der Waals surface area contributed by atoms with Gasteiger partial charge in [-0.05, 0) is 54.9 Å². The largest absolute Gasteiger partial charge is 0.505 e. The summed E-state index contributed by atoms with van der Waals surface area (Å²) in [6.07, 6.45) is 8.47. The van der Waals surface area contributed by atoms with Gasteiger partial charge in [-0.3, -0.25) is 24.1 Å². The Morgan fingerprint density at radius 1 is 0.787 bits per heavy atom. The third-order valence-corrected chi connectivity index (χ3v) is 11.7. The lowest BCUT2D eigenvalue weighted by Crippen LogP contribution is -2.58. The van der Waals surface area contributed by atoms with E-state index in [1.54, 1.807) is 18.2 Å². The van der Waals surface area contributed by atoms with E-state index in [1.165, 1.54) is 23.1 Å². The zero-order chi connectivity index (χ0) is 32.4. The van der Waals surface area contributed by atoms with Crippen molar-refractivity contribution in [3.8, 4) is 5.75 Å². The van der Waals surface area contributed by atoms with E-state index in [0.29, 0.717) is 23.1 Å². The van der Waals surface area contributed by atoms with Gasteiger partial charge in [0.1, 0.15) is 0 Å². The second kappa shape index (κ2) is 11.3. The second-order valence-corrected chi connectivity index (χ2v) is 13.8. The molecule has 3 aromatic rings. The lowest BCUT2D eigenvalue weighted by atomic mass is 9.44. The van der Waals surface area contributed by atoms with Crippen molar-refractivity contribution in [1.29, 1.82) is 0 Å². The summed E-state index contributed by atoms with van der Waals surface area (Å²) >= 11 is 0. The van der Waals surface area contributed by atoms with Gasteiger partial charge in [-0.25, -0.2) is 4.39 Å². The number of phenolic OH excluding ortho intramolecular Hbond substituents is 1. The standard InChI is InChI=1S/C40H36FNO5/c41-32-18-10-17-28(37(32)45)35-26-19-20-27-34(39(47)42(38(27)46)25-15-8-3-9-16-25)30(26)21-31-36(44)29(23-11-4-1-5-12-23)22-33(43)40(31,35)24-13-6-2-7-14-24/h1-2,4-7,10-14,17-19,22,25,27,30-31,34-35,45H,3,8-9,15-16,20-21H2. The number of aromatic hydroxyl groups is 1. The van der Waals surface area contributed by atoms with Crippen LogP contribution in [0.25, 0.3) is 5.57 Å². The molecule has 6 unspecified atom stereocenters. The molecule has 5 aliphatic rings. The van der Waals surface area contributed by atoms with Gasteiger partial charge < -0.3 is 5.11 Å². The first-order valence-corrected chi connectivity index (χ1v) is 16.8. The van der Waals surface area contributed by atoms with Crippen LogP contribution < -0.4 is 0 Å². The van der Waals surface area contributed by atoms with Crippen molar-refractivity contribution in [2.24, 2.45) is 23.7 Å². The van der Waals surface area contributed by atoms with Gasteiger partial charge in [-0.15, -0.1) is 0 Å². The molecule has 0 bridgehead atoms. The van der Waals surface area contributed by atoms with E-state index in [1.807, 2.05) is 54.6 Å². The number of Topliss-reactive ketones (excluding diaryl/α,β-unsaturated/α-hetero) is 1. The summed E-state index contributed by atoms with van der Waals surface area (Å²) in [7, 11) is 0. The van der Waals surface area contributed by atoms with Crippen molar-refractivity contribution < 1.29 is 28.7 Å². The number of imide groups is 1. The number of carbonyl (C=O) groups excluding carboxylic acids is 4. The van der Waals surface area contributed by atoms with E-state index in [4.69, 9.17) is 0 Å². The highest BCUT2D eigenvalue weighted by atomic mass is 19.1. The molecule has 2 amide bonds. The number of ketones is 2. The smallest absolute Gasteiger partial charge is 0.233 e. The first kappa shape index (κ1) is 29.7. The molecule has 4 aliphatic carbocycles. The lowest BCUT2D eigenvalue weighted by molar-refractivity contribution is -0.144. The lowest BCUT2D eigenvalue weighted by Gasteiger charge is -2.55. The summed E-state index contributed by atoms with van der Waals surface area (Å²) in [5.41, 5.74) is 0.928. The molecule has 1 saturated heterocycles. The van der Waals surface area contributed by atoms with E-state index in [2.05, 4.69) is 0 Å². The number of likely N-dealkylation sites (tertiary alicyclic amines) is 1. The number of benzene rings is 3. The topological polar surface area (TPSA) is 91.8 Å². The molecule has 3 aromatic carbocycles. The van der Waals surface area contributed by atoms with Crippen molar-refractivity contribution in [3.63, 3.8) is 0 Å². The molecule has 1 heterocycles. The van der Waals surface area contributed by atoms with Crippen molar-refractivity contribution in [2.45, 2.75) is 62.3 Å². The summed E-state index contributed by atoms with van der Waals surface area (Å²) in [5, 5.41) is 11.3. The normalized spacial score (nSPS) is 30.7. The first-order valence-electron chi connectivity index (χ1n) is 16.8. The molecule has 7 heteroatoms. The fourth-order valence-corrected chi connectivity index (χ4v) is 9.71. The van der Waals surface area contributed by atoms with Crippen LogP contribution in [0.2, 0.25) is 0 Å². The maximum atomic E-state index is 15.2. The van der Waals surface area contributed by atoms with Gasteiger partial charge in [0.25, 0.3) is 0 Å². The molecule has 6 atom stereocenters. The van der Waals surface area contributed by atoms with Gasteiger partial charge in [-0.1, -0.05) is 104 Å². The number of carbonyl (C=O) groups is 4. The zero-order valence-electron chi connectivity index (χ0n) is 26.0. The van der Waals surface area contributed by atoms with Crippen LogP contribution in [-0.2, 0) is 24.6 Å². The summed E-state index contributed by atoms with van der Waals surface area (Å²) < 4.78 is 15.2. The predicted molar refractivity (Wildman–Crippen MR) is 173 cm³/mol. The SMILES string of the molecule is O=C1C(c2ccccc2)=CC(=O)C2(c3ccccc3)C1CC1C(=CCC3C(=O)N(C4CCCCC4)C(=O)C31)C2c1cccc(F)c1O. The van der Waals surface area contributed by atoms with Crippen LogP contribution >= 0.6 is 0 Å². The fraction of sp³-hybridized carbons (Fsp3) is 0.350. The number of allylic oxidation sites excluding steroid dienone is 4. The van der Waals surface area contributed by atoms with Crippen molar-refractivity contribution >= 4 is 29.0 Å². The summed E-state index contributed by atoms with van der Waals surface area (Å²) in [6.45, 7) is 0. The molecule has 0 aromatic heterocycles. The Morgan fingerprint density at radius 2 is 1.49 bits per heavy atom. The number of rotatable bonds is 4. The third kappa shape index (κ3) is 4.28. The quantitative estimate of drug-likeness (QED) is 0.257. The average molecular weight is 630 g/mol. The second-order valence-electron chi connectivity index (χ2n) is 13.8. The number of hydrogen-bond donors (Lipinski definition) is 1. The van der Waals surface area contributed by atoms with Gasteiger partial charge in [0, 0.05) is 29.0 Å². The van der Waals surface area contributed by atoms with Crippen LogP contribution in [-0.4, -0.2) is 39.4 Å². The number of halogens is 1. The number of fused-ring (bicyclic) bond motifs is 4. The zero-order valence-corrected chi connectivity index (χ0v) is 26.0. The highest BCUT2D eigenvalue weighted by Gasteiger charge is 2.66. The molecule has 238 valence electrons. The Balaban J connectivity index is 1.36. The fourth-order valence-electron chi connectivity index (χ4n) is 9.71. The first-order chi connectivity index (χ1) is 22.8. The molecule has 8 rings (SSSR count). The van der Waals surface area contributed by atoms with E-state index >= 15 is 4.39 Å². The van der Waals surface area contributed by atoms with Crippen molar-refractivity contribution in [3.05, 3.63) is 119 Å². The molecule has 1 aliphatic heterocycles. The summed E-state index contributed by atoms with van der Waals surface area (Å²) in [5.74, 6) is -5.96. The van der Waals surface area contributed by atoms with Gasteiger partial charge in [0.15, 0.2) is 23.1 Å². The van der Waals surface area contributed by atoms with E-state index in [9.17, 15) is 24.3 Å². The molecule has 47 heavy (non-hydrogen) atoms. The van der Waals surface area contributed by atoms with Crippen LogP contribution in [0.4, 0.5) is 4.39 Å². The number of para-hydroxylation sites is 1. The molecule has 6 nitrogen and oxygen atoms in total. The molecule has 3 fully saturated rings. The molecule has 2 saturated carbocycles. The monoisotopic (exact) mass is 629 g/mol. The highest BCUT2D eigenvalue weighted by molar-refractivity contribution is 6.31. The number of amides is 2. The van der Waals surface area contributed by atoms with Gasteiger partial charge in [0.2, 0.25) is 11.8 Å². The minimum absolute atomic E-state index is 0.127. The Morgan fingerprint density at radius 3 is 2.21 bits per heavy atom. The molecular formula is C40H36FNO5.